The smallest absolute Gasteiger partial charge is 0.339 e. The molecule has 0 amide bonds. The number of phenols is 4. The summed E-state index contributed by atoms with van der Waals surface area (Å²) in [5, 5.41) is 82.8. The number of ketones is 2. The Labute approximate surface area is 202 Å². The Bertz CT molecular complexity index is 1310. The summed E-state index contributed by atoms with van der Waals surface area (Å²) in [5.41, 5.74) is -4.29. The van der Waals surface area contributed by atoms with Crippen LogP contribution in [0.15, 0.2) is 6.07 Å². The summed E-state index contributed by atoms with van der Waals surface area (Å²) in [6, 6.07) is 0.734. The van der Waals surface area contributed by atoms with Gasteiger partial charge in [-0.1, -0.05) is 0 Å². The van der Waals surface area contributed by atoms with E-state index < -0.39 is 104 Å². The fourth-order valence-corrected chi connectivity index (χ4v) is 4.73. The normalized spacial score (nSPS) is 25.4. The molecule has 5 atom stereocenters. The Balaban J connectivity index is 1.97. The van der Waals surface area contributed by atoms with Crippen LogP contribution in [0.5, 0.6) is 23.0 Å². The highest BCUT2D eigenvalue weighted by Crippen LogP contribution is 2.52. The first-order valence-electron chi connectivity index (χ1n) is 10.5. The maximum atomic E-state index is 13.5. The molecule has 2 aromatic rings. The van der Waals surface area contributed by atoms with Crippen molar-refractivity contribution in [3.05, 3.63) is 45.0 Å². The zero-order chi connectivity index (χ0) is 26.8. The summed E-state index contributed by atoms with van der Waals surface area (Å²) in [4.78, 5) is 38.2. The number of carboxylic acid groups (broad SMARTS) is 1. The van der Waals surface area contributed by atoms with Crippen LogP contribution in [-0.2, 0) is 9.47 Å². The number of aliphatic hydroxyl groups is 3. The van der Waals surface area contributed by atoms with Crippen LogP contribution >= 0.6 is 0 Å². The van der Waals surface area contributed by atoms with Crippen molar-refractivity contribution in [2.75, 3.05) is 13.7 Å². The van der Waals surface area contributed by atoms with Crippen LogP contribution in [0.4, 0.5) is 0 Å². The average molecular weight is 506 g/mol. The van der Waals surface area contributed by atoms with Gasteiger partial charge in [-0.3, -0.25) is 9.59 Å². The number of hydrogen-bond donors (Lipinski definition) is 8. The number of hydrogen-bond acceptors (Lipinski definition) is 12. The number of aliphatic hydroxyl groups excluding tert-OH is 3. The van der Waals surface area contributed by atoms with E-state index in [0.29, 0.717) is 0 Å². The predicted molar refractivity (Wildman–Crippen MR) is 116 cm³/mol. The lowest BCUT2D eigenvalue weighted by Gasteiger charge is -2.41. The minimum absolute atomic E-state index is 0.286. The molecular weight excluding hydrogens is 484 g/mol. The van der Waals surface area contributed by atoms with Crippen LogP contribution in [0, 0.1) is 6.92 Å². The van der Waals surface area contributed by atoms with E-state index in [4.69, 9.17) is 9.47 Å². The molecular formula is C23H22O13. The highest BCUT2D eigenvalue weighted by atomic mass is 16.6. The van der Waals surface area contributed by atoms with Crippen molar-refractivity contribution in [1.29, 1.82) is 0 Å². The van der Waals surface area contributed by atoms with Crippen LogP contribution in [0.1, 0.15) is 59.4 Å². The topological polar surface area (TPSA) is 232 Å². The third-order valence-electron chi connectivity index (χ3n) is 6.48. The third-order valence-corrected chi connectivity index (χ3v) is 6.48. The van der Waals surface area contributed by atoms with E-state index in [1.165, 1.54) is 7.11 Å². The molecule has 4 rings (SSSR count). The molecule has 1 fully saturated rings. The number of phenolic OH excluding ortho intramolecular Hbond substituents is 3. The van der Waals surface area contributed by atoms with Crippen molar-refractivity contribution in [2.24, 2.45) is 0 Å². The number of fused-ring (bicyclic) bond motifs is 2. The van der Waals surface area contributed by atoms with E-state index in [1.54, 1.807) is 0 Å². The number of aromatic carboxylic acids is 1. The molecule has 2 aliphatic rings. The predicted octanol–water partition coefficient (Wildman–Crippen LogP) is -0.540. The van der Waals surface area contributed by atoms with Gasteiger partial charge in [0.15, 0.2) is 23.1 Å². The Morgan fingerprint density at radius 2 is 1.53 bits per heavy atom. The van der Waals surface area contributed by atoms with E-state index >= 15 is 0 Å². The minimum Gasteiger partial charge on any atom is -0.507 e. The van der Waals surface area contributed by atoms with E-state index in [1.807, 2.05) is 0 Å². The third kappa shape index (κ3) is 3.40. The fraction of sp³-hybridized carbons (Fsp3) is 0.348. The Kier molecular flexibility index (Phi) is 6.14. The van der Waals surface area contributed by atoms with Crippen molar-refractivity contribution < 1.29 is 64.7 Å². The number of carbonyl (C=O) groups is 3. The SMILES string of the molecule is COC[C@H]1OC(c2c(O)c(O)c3c(c2O)C(=O)c2c(cc(O)c(C(=O)O)c2C)C3=O)[C@H](O)[C@@H](O)[C@@H]1O. The summed E-state index contributed by atoms with van der Waals surface area (Å²) in [7, 11) is 1.26. The number of aromatic hydroxyl groups is 4. The number of ether oxygens (including phenoxy) is 2. The number of carboxylic acids is 1. The van der Waals surface area contributed by atoms with Gasteiger partial charge in [-0.2, -0.15) is 0 Å². The molecule has 13 nitrogen and oxygen atoms in total. The molecule has 0 aromatic heterocycles. The molecule has 1 aliphatic heterocycles. The van der Waals surface area contributed by atoms with Crippen LogP contribution in [0.25, 0.3) is 0 Å². The second-order valence-electron chi connectivity index (χ2n) is 8.51. The second-order valence-corrected chi connectivity index (χ2v) is 8.51. The first kappa shape index (κ1) is 25.3. The molecule has 1 saturated heterocycles. The van der Waals surface area contributed by atoms with Gasteiger partial charge >= 0.3 is 5.97 Å². The van der Waals surface area contributed by atoms with Crippen molar-refractivity contribution in [3.8, 4) is 23.0 Å². The summed E-state index contributed by atoms with van der Waals surface area (Å²) in [6.45, 7) is 0.878. The van der Waals surface area contributed by atoms with Gasteiger partial charge in [0.05, 0.1) is 23.3 Å². The summed E-state index contributed by atoms with van der Waals surface area (Å²) in [6.07, 6.45) is -8.54. The average Bonchev–Trinajstić information content (AvgIpc) is 2.80. The zero-order valence-corrected chi connectivity index (χ0v) is 18.8. The highest BCUT2D eigenvalue weighted by Gasteiger charge is 2.48. The van der Waals surface area contributed by atoms with Gasteiger partial charge in [0.25, 0.3) is 0 Å². The molecule has 36 heavy (non-hydrogen) atoms. The van der Waals surface area contributed by atoms with Crippen LogP contribution in [-0.4, -0.2) is 96.5 Å². The van der Waals surface area contributed by atoms with Gasteiger partial charge in [0.2, 0.25) is 0 Å². The van der Waals surface area contributed by atoms with Gasteiger partial charge in [-0.05, 0) is 18.6 Å². The number of methoxy groups -OCH3 is 1. The van der Waals surface area contributed by atoms with Gasteiger partial charge in [-0.15, -0.1) is 0 Å². The standard InChI is InChI=1S/C23H22O13/c1-5-9-6(3-7(24)10(5)23(33)34)14(25)11-12(16(9)27)17(28)13(19(30)18(11)29)22-21(32)20(31)15(26)8(36-22)4-35-2/h3,8,15,20-22,24,26,28-32H,4H2,1-2H3,(H,33,34)/t8-,15-,20+,21-,22?/m1/s1. The molecule has 8 N–H and O–H groups in total. The Morgan fingerprint density at radius 3 is 2.11 bits per heavy atom. The molecule has 0 saturated carbocycles. The first-order valence-corrected chi connectivity index (χ1v) is 10.5. The van der Waals surface area contributed by atoms with Crippen molar-refractivity contribution in [3.63, 3.8) is 0 Å². The quantitative estimate of drug-likeness (QED) is 0.164. The van der Waals surface area contributed by atoms with Gasteiger partial charge in [0, 0.05) is 18.2 Å². The van der Waals surface area contributed by atoms with Crippen molar-refractivity contribution >= 4 is 17.5 Å². The lowest BCUT2D eigenvalue weighted by atomic mass is 9.77. The highest BCUT2D eigenvalue weighted by molar-refractivity contribution is 6.31. The van der Waals surface area contributed by atoms with Gasteiger partial charge < -0.3 is 50.3 Å². The minimum atomic E-state index is -1.97. The Hall–Kier alpha value is -3.75. The van der Waals surface area contributed by atoms with E-state index in [-0.39, 0.29) is 12.2 Å². The molecule has 0 radical (unpaired) electrons. The van der Waals surface area contributed by atoms with Gasteiger partial charge in [-0.25, -0.2) is 4.79 Å². The summed E-state index contributed by atoms with van der Waals surface area (Å²) < 4.78 is 10.4. The molecule has 0 spiro atoms. The molecule has 1 heterocycles. The molecule has 2 aromatic carbocycles. The number of rotatable bonds is 4. The largest absolute Gasteiger partial charge is 0.507 e. The van der Waals surface area contributed by atoms with E-state index in [0.717, 1.165) is 13.0 Å². The summed E-state index contributed by atoms with van der Waals surface area (Å²) in [5.74, 6) is -8.03. The van der Waals surface area contributed by atoms with Crippen LogP contribution in [0.2, 0.25) is 0 Å². The molecule has 13 heteroatoms. The lowest BCUT2D eigenvalue weighted by Crippen LogP contribution is -2.55. The first-order chi connectivity index (χ1) is 16.8. The maximum Gasteiger partial charge on any atom is 0.339 e. The van der Waals surface area contributed by atoms with Crippen LogP contribution in [0.3, 0.4) is 0 Å². The second kappa shape index (κ2) is 8.72. The Morgan fingerprint density at radius 1 is 0.917 bits per heavy atom. The maximum absolute atomic E-state index is 13.5. The van der Waals surface area contributed by atoms with Crippen LogP contribution < -0.4 is 0 Å². The lowest BCUT2D eigenvalue weighted by molar-refractivity contribution is -0.234. The summed E-state index contributed by atoms with van der Waals surface area (Å²) >= 11 is 0. The van der Waals surface area contributed by atoms with Crippen molar-refractivity contribution in [1.82, 2.24) is 0 Å². The molecule has 1 unspecified atom stereocenters. The number of benzene rings is 2. The molecule has 192 valence electrons. The molecule has 1 aliphatic carbocycles. The molecule has 0 bridgehead atoms. The fourth-order valence-electron chi connectivity index (χ4n) is 4.73. The van der Waals surface area contributed by atoms with E-state index in [2.05, 4.69) is 0 Å². The number of carbonyl (C=O) groups excluding carboxylic acids is 2. The monoisotopic (exact) mass is 506 g/mol. The van der Waals surface area contributed by atoms with E-state index in [9.17, 15) is 55.2 Å². The van der Waals surface area contributed by atoms with Gasteiger partial charge in [0.1, 0.15) is 47.6 Å². The zero-order valence-electron chi connectivity index (χ0n) is 18.8. The van der Waals surface area contributed by atoms with Crippen molar-refractivity contribution in [2.45, 2.75) is 37.4 Å².